The van der Waals surface area contributed by atoms with Crippen molar-refractivity contribution in [2.24, 2.45) is 5.41 Å². The van der Waals surface area contributed by atoms with Gasteiger partial charge in [-0.05, 0) is 30.5 Å². The van der Waals surface area contributed by atoms with E-state index in [0.29, 0.717) is 18.4 Å². The van der Waals surface area contributed by atoms with E-state index in [1.54, 1.807) is 12.1 Å². The average molecular weight is 358 g/mol. The molecule has 0 radical (unpaired) electrons. The van der Waals surface area contributed by atoms with E-state index in [9.17, 15) is 19.5 Å². The molecule has 2 atom stereocenters. The van der Waals surface area contributed by atoms with Gasteiger partial charge in [-0.2, -0.15) is 0 Å². The molecule has 2 unspecified atom stereocenters. The van der Waals surface area contributed by atoms with Crippen molar-refractivity contribution < 1.29 is 29.3 Å². The van der Waals surface area contributed by atoms with Crippen LogP contribution in [0.15, 0.2) is 42.5 Å². The summed E-state index contributed by atoms with van der Waals surface area (Å²) in [4.78, 5) is 33.9. The third-order valence-corrected chi connectivity index (χ3v) is 4.70. The molecule has 0 saturated carbocycles. The Bertz CT molecular complexity index is 794. The second-order valence-electron chi connectivity index (χ2n) is 6.50. The van der Waals surface area contributed by atoms with Gasteiger partial charge in [0.2, 0.25) is 0 Å². The highest BCUT2D eigenvalue weighted by Gasteiger charge is 2.44. The molecule has 2 rings (SSSR count). The Kier molecular flexibility index (Phi) is 6.33. The van der Waals surface area contributed by atoms with Crippen molar-refractivity contribution in [1.29, 1.82) is 0 Å². The Balaban J connectivity index is 2.41. The van der Waals surface area contributed by atoms with Crippen molar-refractivity contribution >= 4 is 29.2 Å². The first-order valence-corrected chi connectivity index (χ1v) is 8.42. The summed E-state index contributed by atoms with van der Waals surface area (Å²) in [6.45, 7) is 1.80. The number of ether oxygens (including phenoxy) is 1. The molecule has 26 heavy (non-hydrogen) atoms. The third-order valence-electron chi connectivity index (χ3n) is 4.70. The highest BCUT2D eigenvalue weighted by Crippen LogP contribution is 2.43. The van der Waals surface area contributed by atoms with E-state index in [2.05, 4.69) is 0 Å². The van der Waals surface area contributed by atoms with Gasteiger partial charge in [0.05, 0.1) is 0 Å². The number of hydrogen-bond acceptors (Lipinski definition) is 4. The molecule has 2 N–H and O–H groups in total. The number of fused-ring (bicyclic) bond motifs is 1. The summed E-state index contributed by atoms with van der Waals surface area (Å²) in [5.74, 6) is -2.01. The first-order chi connectivity index (χ1) is 12.4. The zero-order chi connectivity index (χ0) is 19.2. The minimum Gasteiger partial charge on any atom is -0.481 e. The first kappa shape index (κ1) is 19.4. The van der Waals surface area contributed by atoms with Gasteiger partial charge in [0.25, 0.3) is 6.47 Å². The summed E-state index contributed by atoms with van der Waals surface area (Å²) >= 11 is 0. The molecule has 0 bridgehead atoms. The van der Waals surface area contributed by atoms with Crippen molar-refractivity contribution in [2.45, 2.75) is 38.7 Å². The molecule has 0 heterocycles. The van der Waals surface area contributed by atoms with Crippen molar-refractivity contribution in [3.63, 3.8) is 0 Å². The Morgan fingerprint density at radius 2 is 1.81 bits per heavy atom. The molecule has 2 aromatic rings. The number of aliphatic carboxylic acids is 2. The van der Waals surface area contributed by atoms with Crippen molar-refractivity contribution in [3.05, 3.63) is 48.0 Å². The first-order valence-electron chi connectivity index (χ1n) is 8.42. The number of carboxylic acids is 2. The van der Waals surface area contributed by atoms with Gasteiger partial charge in [0.1, 0.15) is 11.5 Å². The molecule has 0 aliphatic carbocycles. The van der Waals surface area contributed by atoms with Crippen LogP contribution in [0.4, 0.5) is 0 Å². The maximum Gasteiger partial charge on any atom is 0.313 e. The maximum atomic E-state index is 12.1. The van der Waals surface area contributed by atoms with E-state index in [0.717, 1.165) is 10.8 Å². The summed E-state index contributed by atoms with van der Waals surface area (Å²) < 4.78 is 5.26. The second-order valence-corrected chi connectivity index (χ2v) is 6.50. The molecule has 0 aromatic heterocycles. The van der Waals surface area contributed by atoms with Gasteiger partial charge in [-0.25, -0.2) is 0 Å². The third kappa shape index (κ3) is 4.20. The predicted octanol–water partition coefficient (Wildman–Crippen LogP) is 3.79. The van der Waals surface area contributed by atoms with Crippen LogP contribution in [0, 0.1) is 5.41 Å². The fourth-order valence-electron chi connectivity index (χ4n) is 3.22. The highest BCUT2D eigenvalue weighted by molar-refractivity contribution is 5.87. The number of benzene rings is 2. The minimum absolute atomic E-state index is 0.0246. The van der Waals surface area contributed by atoms with Gasteiger partial charge in [-0.1, -0.05) is 48.9 Å². The monoisotopic (exact) mass is 358 g/mol. The lowest BCUT2D eigenvalue weighted by Gasteiger charge is -2.33. The molecule has 0 aliphatic heterocycles. The number of hydrogen-bond donors (Lipinski definition) is 2. The zero-order valence-electron chi connectivity index (χ0n) is 14.6. The smallest absolute Gasteiger partial charge is 0.313 e. The highest BCUT2D eigenvalue weighted by atomic mass is 16.5. The molecule has 0 aliphatic rings. The van der Waals surface area contributed by atoms with Crippen LogP contribution in [-0.4, -0.2) is 28.6 Å². The molecule has 2 aromatic carbocycles. The van der Waals surface area contributed by atoms with E-state index in [-0.39, 0.29) is 19.3 Å². The summed E-state index contributed by atoms with van der Waals surface area (Å²) in [6.07, 6.45) is -0.0471. The Hall–Kier alpha value is -2.89. The minimum atomic E-state index is -1.37. The average Bonchev–Trinajstić information content (AvgIpc) is 2.62. The van der Waals surface area contributed by atoms with Crippen LogP contribution in [0.2, 0.25) is 0 Å². The fraction of sp³-hybridized carbons (Fsp3) is 0.350. The van der Waals surface area contributed by atoms with Gasteiger partial charge in [0.15, 0.2) is 0 Å². The van der Waals surface area contributed by atoms with Crippen LogP contribution < -0.4 is 0 Å². The molecular formula is C20H22O6. The lowest BCUT2D eigenvalue weighted by atomic mass is 9.75. The van der Waals surface area contributed by atoms with Crippen molar-refractivity contribution in [1.82, 2.24) is 0 Å². The molecule has 0 spiro atoms. The summed E-state index contributed by atoms with van der Waals surface area (Å²) in [5, 5.41) is 20.4. The van der Waals surface area contributed by atoms with Gasteiger partial charge >= 0.3 is 11.9 Å². The SMILES string of the molecule is CC(CCCCC(=O)O)(C(=O)O)C(OC=O)c1cccc2ccccc12. The van der Waals surface area contributed by atoms with E-state index < -0.39 is 23.5 Å². The number of carboxylic acid groups (broad SMARTS) is 2. The van der Waals surface area contributed by atoms with Crippen LogP contribution in [-0.2, 0) is 19.1 Å². The van der Waals surface area contributed by atoms with Crippen LogP contribution >= 0.6 is 0 Å². The quantitative estimate of drug-likeness (QED) is 0.495. The molecule has 0 fully saturated rings. The zero-order valence-corrected chi connectivity index (χ0v) is 14.6. The van der Waals surface area contributed by atoms with Gasteiger partial charge in [-0.15, -0.1) is 0 Å². The van der Waals surface area contributed by atoms with Crippen LogP contribution in [0.1, 0.15) is 44.3 Å². The van der Waals surface area contributed by atoms with Crippen LogP contribution in [0.25, 0.3) is 10.8 Å². The van der Waals surface area contributed by atoms with Gasteiger partial charge in [-0.3, -0.25) is 14.4 Å². The number of carbonyl (C=O) groups is 3. The van der Waals surface area contributed by atoms with Crippen LogP contribution in [0.5, 0.6) is 0 Å². The normalized spacial score (nSPS) is 14.3. The number of rotatable bonds is 10. The Morgan fingerprint density at radius 3 is 2.46 bits per heavy atom. The second kappa shape index (κ2) is 8.47. The molecule has 6 nitrogen and oxygen atoms in total. The fourth-order valence-corrected chi connectivity index (χ4v) is 3.22. The lowest BCUT2D eigenvalue weighted by molar-refractivity contribution is -0.162. The molecule has 0 saturated heterocycles. The summed E-state index contributed by atoms with van der Waals surface area (Å²) in [7, 11) is 0. The van der Waals surface area contributed by atoms with E-state index in [1.807, 2.05) is 30.3 Å². The molecule has 0 amide bonds. The van der Waals surface area contributed by atoms with E-state index in [4.69, 9.17) is 9.84 Å². The van der Waals surface area contributed by atoms with Crippen LogP contribution in [0.3, 0.4) is 0 Å². The lowest BCUT2D eigenvalue weighted by Crippen LogP contribution is -2.36. The molecule has 6 heteroatoms. The topological polar surface area (TPSA) is 101 Å². The van der Waals surface area contributed by atoms with Gasteiger partial charge < -0.3 is 14.9 Å². The van der Waals surface area contributed by atoms with Gasteiger partial charge in [0, 0.05) is 12.0 Å². The Labute approximate surface area is 151 Å². The Morgan fingerprint density at radius 1 is 1.12 bits per heavy atom. The van der Waals surface area contributed by atoms with Crippen molar-refractivity contribution in [3.8, 4) is 0 Å². The summed E-state index contributed by atoms with van der Waals surface area (Å²) in [5.41, 5.74) is -0.748. The largest absolute Gasteiger partial charge is 0.481 e. The molecule has 138 valence electrons. The number of unbranched alkanes of at least 4 members (excludes halogenated alkanes) is 1. The number of carbonyl (C=O) groups excluding carboxylic acids is 1. The van der Waals surface area contributed by atoms with E-state index >= 15 is 0 Å². The van der Waals surface area contributed by atoms with E-state index in [1.165, 1.54) is 6.92 Å². The molecular weight excluding hydrogens is 336 g/mol. The predicted molar refractivity (Wildman–Crippen MR) is 95.7 cm³/mol. The van der Waals surface area contributed by atoms with Crippen molar-refractivity contribution in [2.75, 3.05) is 0 Å². The summed E-state index contributed by atoms with van der Waals surface area (Å²) in [6, 6.07) is 12.9. The maximum absolute atomic E-state index is 12.1. The standard InChI is InChI=1S/C20H22O6/c1-20(19(24)25,12-5-4-11-17(22)23)18(26-13-21)16-10-6-8-14-7-2-3-9-15(14)16/h2-3,6-10,13,18H,4-5,11-12H2,1H3,(H,22,23)(H,24,25).